The highest BCUT2D eigenvalue weighted by atomic mass is 16.5. The maximum atomic E-state index is 13.0. The first-order chi connectivity index (χ1) is 13.9. The van der Waals surface area contributed by atoms with Crippen molar-refractivity contribution in [2.75, 3.05) is 12.4 Å². The molecule has 0 fully saturated rings. The van der Waals surface area contributed by atoms with E-state index in [-0.39, 0.29) is 17.7 Å². The summed E-state index contributed by atoms with van der Waals surface area (Å²) in [5, 5.41) is 5.72. The zero-order valence-electron chi connectivity index (χ0n) is 17.1. The number of methoxy groups -OCH3 is 1. The van der Waals surface area contributed by atoms with Crippen molar-refractivity contribution >= 4 is 28.8 Å². The van der Waals surface area contributed by atoms with Crippen molar-refractivity contribution in [2.24, 2.45) is 5.92 Å². The highest BCUT2D eigenvalue weighted by Gasteiger charge is 2.26. The Morgan fingerprint density at radius 3 is 2.41 bits per heavy atom. The Balaban J connectivity index is 1.78. The Morgan fingerprint density at radius 1 is 1.10 bits per heavy atom. The highest BCUT2D eigenvalue weighted by molar-refractivity contribution is 6.01. The van der Waals surface area contributed by atoms with Crippen LogP contribution in [0.1, 0.15) is 31.1 Å². The predicted molar refractivity (Wildman–Crippen MR) is 113 cm³/mol. The number of hydrogen-bond donors (Lipinski definition) is 2. The highest BCUT2D eigenvalue weighted by Crippen LogP contribution is 2.20. The van der Waals surface area contributed by atoms with Crippen molar-refractivity contribution in [3.05, 3.63) is 54.1 Å². The van der Waals surface area contributed by atoms with Gasteiger partial charge in [0.15, 0.2) is 0 Å². The third kappa shape index (κ3) is 4.39. The van der Waals surface area contributed by atoms with Gasteiger partial charge in [0, 0.05) is 12.1 Å². The maximum absolute atomic E-state index is 13.0. The van der Waals surface area contributed by atoms with Crippen LogP contribution in [0.2, 0.25) is 0 Å². The molecule has 0 bridgehead atoms. The molecule has 2 amide bonds. The van der Waals surface area contributed by atoms with E-state index in [1.54, 1.807) is 31.4 Å². The van der Waals surface area contributed by atoms with Gasteiger partial charge in [0.05, 0.1) is 18.1 Å². The number of aromatic nitrogens is 2. The van der Waals surface area contributed by atoms with E-state index in [4.69, 9.17) is 4.74 Å². The first-order valence-corrected chi connectivity index (χ1v) is 9.65. The summed E-state index contributed by atoms with van der Waals surface area (Å²) >= 11 is 0. The van der Waals surface area contributed by atoms with Crippen LogP contribution in [-0.2, 0) is 11.3 Å². The number of aryl methyl sites for hydroxylation is 1. The molecule has 3 rings (SSSR count). The molecule has 0 aliphatic rings. The molecule has 2 aromatic carbocycles. The van der Waals surface area contributed by atoms with Gasteiger partial charge in [0.25, 0.3) is 5.91 Å². The number of carbonyl (C=O) groups excluding carboxylic acids is 2. The molecule has 1 atom stereocenters. The number of amides is 2. The molecule has 1 aromatic heterocycles. The number of anilines is 1. The lowest BCUT2D eigenvalue weighted by molar-refractivity contribution is -0.118. The molecular formula is C22H26N4O3. The van der Waals surface area contributed by atoms with Crippen LogP contribution in [0.15, 0.2) is 48.5 Å². The minimum atomic E-state index is -0.699. The first kappa shape index (κ1) is 20.4. The number of fused-ring (bicyclic) bond motifs is 1. The van der Waals surface area contributed by atoms with Crippen molar-refractivity contribution in [2.45, 2.75) is 33.4 Å². The van der Waals surface area contributed by atoms with Crippen LogP contribution in [0.25, 0.3) is 11.0 Å². The monoisotopic (exact) mass is 394 g/mol. The van der Waals surface area contributed by atoms with Crippen molar-refractivity contribution in [1.29, 1.82) is 0 Å². The van der Waals surface area contributed by atoms with E-state index < -0.39 is 6.04 Å². The minimum Gasteiger partial charge on any atom is -0.497 e. The van der Waals surface area contributed by atoms with Crippen LogP contribution >= 0.6 is 0 Å². The third-order valence-corrected chi connectivity index (χ3v) is 4.79. The van der Waals surface area contributed by atoms with Crippen molar-refractivity contribution in [1.82, 2.24) is 14.9 Å². The van der Waals surface area contributed by atoms with Crippen LogP contribution in [-0.4, -0.2) is 34.5 Å². The topological polar surface area (TPSA) is 85.2 Å². The van der Waals surface area contributed by atoms with E-state index in [9.17, 15) is 9.59 Å². The molecule has 0 saturated carbocycles. The van der Waals surface area contributed by atoms with Crippen molar-refractivity contribution in [3.8, 4) is 5.75 Å². The summed E-state index contributed by atoms with van der Waals surface area (Å²) in [6.45, 7) is 6.44. The normalized spacial score (nSPS) is 12.0. The van der Waals surface area contributed by atoms with E-state index in [1.807, 2.05) is 49.6 Å². The van der Waals surface area contributed by atoms with Gasteiger partial charge in [-0.1, -0.05) is 26.0 Å². The first-order valence-electron chi connectivity index (χ1n) is 9.65. The molecule has 7 heteroatoms. The van der Waals surface area contributed by atoms with Crippen molar-refractivity contribution in [3.63, 3.8) is 0 Å². The fraction of sp³-hybridized carbons (Fsp3) is 0.318. The van der Waals surface area contributed by atoms with Crippen LogP contribution in [0, 0.1) is 5.92 Å². The van der Waals surface area contributed by atoms with E-state index >= 15 is 0 Å². The predicted octanol–water partition coefficient (Wildman–Crippen LogP) is 3.46. The lowest BCUT2D eigenvalue weighted by Gasteiger charge is -2.21. The van der Waals surface area contributed by atoms with Gasteiger partial charge >= 0.3 is 0 Å². The Hall–Kier alpha value is -3.35. The summed E-state index contributed by atoms with van der Waals surface area (Å²) in [5.41, 5.74) is 2.23. The number of para-hydroxylation sites is 2. The maximum Gasteiger partial charge on any atom is 0.251 e. The van der Waals surface area contributed by atoms with Crippen molar-refractivity contribution < 1.29 is 14.3 Å². The van der Waals surface area contributed by atoms with E-state index in [2.05, 4.69) is 15.6 Å². The Labute approximate surface area is 170 Å². The number of hydrogen-bond acceptors (Lipinski definition) is 4. The molecule has 2 N–H and O–H groups in total. The largest absolute Gasteiger partial charge is 0.497 e. The summed E-state index contributed by atoms with van der Waals surface area (Å²) in [5.74, 6) is 0.426. The van der Waals surface area contributed by atoms with Crippen LogP contribution < -0.4 is 15.4 Å². The summed E-state index contributed by atoms with van der Waals surface area (Å²) in [7, 11) is 1.57. The number of benzene rings is 2. The lowest BCUT2D eigenvalue weighted by Crippen LogP contribution is -2.47. The van der Waals surface area contributed by atoms with E-state index in [0.717, 1.165) is 11.0 Å². The van der Waals surface area contributed by atoms with Gasteiger partial charge in [-0.25, -0.2) is 4.98 Å². The number of carbonyl (C=O) groups is 2. The van der Waals surface area contributed by atoms with Gasteiger partial charge in [-0.05, 0) is 49.2 Å². The van der Waals surface area contributed by atoms with Gasteiger partial charge in [0.2, 0.25) is 11.9 Å². The molecule has 0 radical (unpaired) electrons. The number of ether oxygens (including phenoxy) is 1. The van der Waals surface area contributed by atoms with Crippen LogP contribution in [0.4, 0.5) is 5.95 Å². The molecule has 0 aliphatic carbocycles. The van der Waals surface area contributed by atoms with E-state index in [1.165, 1.54) is 0 Å². The second kappa shape index (κ2) is 8.77. The van der Waals surface area contributed by atoms with Gasteiger partial charge < -0.3 is 14.6 Å². The molecule has 29 heavy (non-hydrogen) atoms. The average molecular weight is 394 g/mol. The quantitative estimate of drug-likeness (QED) is 0.643. The lowest BCUT2D eigenvalue weighted by atomic mass is 10.0. The van der Waals surface area contributed by atoms with Crippen LogP contribution in [0.5, 0.6) is 5.75 Å². The SMILES string of the molecule is CCn1c(NC(=O)[C@H](NC(=O)c2ccc(OC)cc2)C(C)C)nc2ccccc21. The molecule has 0 spiro atoms. The second-order valence-electron chi connectivity index (χ2n) is 7.08. The summed E-state index contributed by atoms with van der Waals surface area (Å²) in [6.07, 6.45) is 0. The molecule has 1 heterocycles. The second-order valence-corrected chi connectivity index (χ2v) is 7.08. The zero-order chi connectivity index (χ0) is 21.0. The summed E-state index contributed by atoms with van der Waals surface area (Å²) < 4.78 is 7.05. The van der Waals surface area contributed by atoms with E-state index in [0.29, 0.717) is 23.8 Å². The van der Waals surface area contributed by atoms with Crippen LogP contribution in [0.3, 0.4) is 0 Å². The van der Waals surface area contributed by atoms with Gasteiger partial charge in [-0.2, -0.15) is 0 Å². The minimum absolute atomic E-state index is 0.100. The number of imidazole rings is 1. The number of nitrogens with one attached hydrogen (secondary N) is 2. The molecule has 7 nitrogen and oxygen atoms in total. The fourth-order valence-electron chi connectivity index (χ4n) is 3.18. The Bertz CT molecular complexity index is 1010. The molecule has 152 valence electrons. The van der Waals surface area contributed by atoms with Gasteiger partial charge in [-0.3, -0.25) is 14.9 Å². The molecule has 0 unspecified atom stereocenters. The smallest absolute Gasteiger partial charge is 0.251 e. The number of nitrogens with zero attached hydrogens (tertiary/aromatic N) is 2. The molecule has 0 aliphatic heterocycles. The Morgan fingerprint density at radius 2 is 1.79 bits per heavy atom. The van der Waals surface area contributed by atoms with Gasteiger partial charge in [-0.15, -0.1) is 0 Å². The molecule has 3 aromatic rings. The number of rotatable bonds is 7. The molecule has 0 saturated heterocycles. The fourth-order valence-corrected chi connectivity index (χ4v) is 3.18. The summed E-state index contributed by atoms with van der Waals surface area (Å²) in [4.78, 5) is 30.1. The zero-order valence-corrected chi connectivity index (χ0v) is 17.1. The third-order valence-electron chi connectivity index (χ3n) is 4.79. The summed E-state index contributed by atoms with van der Waals surface area (Å²) in [6, 6.07) is 13.8. The van der Waals surface area contributed by atoms with Gasteiger partial charge in [0.1, 0.15) is 11.8 Å². The average Bonchev–Trinajstić information content (AvgIpc) is 3.08. The molecular weight excluding hydrogens is 368 g/mol. The standard InChI is InChI=1S/C22H26N4O3/c1-5-26-18-9-7-6-8-17(18)23-22(26)25-21(28)19(14(2)3)24-20(27)15-10-12-16(29-4)13-11-15/h6-14,19H,5H2,1-4H3,(H,24,27)(H,23,25,28)/t19-/m1/s1. The Kier molecular flexibility index (Phi) is 6.16.